The van der Waals surface area contributed by atoms with Gasteiger partial charge in [-0.25, -0.2) is 0 Å². The summed E-state index contributed by atoms with van der Waals surface area (Å²) < 4.78 is 6.02. The zero-order chi connectivity index (χ0) is 22.5. The zero-order valence-electron chi connectivity index (χ0n) is 18.7. The first-order valence-corrected chi connectivity index (χ1v) is 11.9. The number of hydrogen-bond donors (Lipinski definition) is 1. The van der Waals surface area contributed by atoms with Gasteiger partial charge in [0.15, 0.2) is 0 Å². The molecule has 3 aliphatic rings. The van der Waals surface area contributed by atoms with Gasteiger partial charge >= 0.3 is 0 Å². The Labute approximate surface area is 193 Å². The fraction of sp³-hybridized carbons (Fsp3) is 0.357. The molecule has 1 N–H and O–H groups in total. The summed E-state index contributed by atoms with van der Waals surface area (Å²) in [7, 11) is 0. The van der Waals surface area contributed by atoms with Crippen molar-refractivity contribution >= 4 is 11.4 Å². The number of hydrogen-bond acceptors (Lipinski definition) is 4. The lowest BCUT2D eigenvalue weighted by Gasteiger charge is -2.43. The topological polar surface area (TPSA) is 64.4 Å². The second-order valence-corrected chi connectivity index (χ2v) is 9.93. The second-order valence-electron chi connectivity index (χ2n) is 9.93. The van der Waals surface area contributed by atoms with E-state index in [0.29, 0.717) is 30.3 Å². The van der Waals surface area contributed by atoms with Crippen molar-refractivity contribution in [1.82, 2.24) is 0 Å². The number of rotatable bonds is 5. The number of nitro benzene ring substituents is 1. The van der Waals surface area contributed by atoms with Crippen LogP contribution in [-0.4, -0.2) is 4.92 Å². The molecule has 2 saturated carbocycles. The zero-order valence-corrected chi connectivity index (χ0v) is 18.7. The Kier molecular flexibility index (Phi) is 4.86. The lowest BCUT2D eigenvalue weighted by atomic mass is 9.68. The molecular weight excluding hydrogens is 412 g/mol. The maximum absolute atomic E-state index is 11.4. The van der Waals surface area contributed by atoms with Crippen LogP contribution in [0.15, 0.2) is 66.7 Å². The number of anilines is 1. The molecule has 5 heteroatoms. The van der Waals surface area contributed by atoms with Crippen LogP contribution in [0.5, 0.6) is 5.75 Å². The third kappa shape index (κ3) is 3.56. The van der Waals surface area contributed by atoms with Crippen molar-refractivity contribution in [3.8, 4) is 5.75 Å². The number of fused-ring (bicyclic) bond motifs is 7. The molecule has 3 aromatic rings. The maximum Gasteiger partial charge on any atom is 0.269 e. The smallest absolute Gasteiger partial charge is 0.269 e. The van der Waals surface area contributed by atoms with Gasteiger partial charge in [0.2, 0.25) is 0 Å². The Morgan fingerprint density at radius 2 is 1.76 bits per heavy atom. The van der Waals surface area contributed by atoms with E-state index in [9.17, 15) is 10.1 Å². The van der Waals surface area contributed by atoms with Crippen LogP contribution < -0.4 is 10.1 Å². The number of aryl methyl sites for hydroxylation is 1. The van der Waals surface area contributed by atoms with Crippen molar-refractivity contribution in [2.24, 2.45) is 17.8 Å². The first-order valence-electron chi connectivity index (χ1n) is 11.9. The highest BCUT2D eigenvalue weighted by Gasteiger charge is 2.54. The van der Waals surface area contributed by atoms with Crippen molar-refractivity contribution in [3.05, 3.63) is 99.1 Å². The normalized spacial score (nSPS) is 26.9. The lowest BCUT2D eigenvalue weighted by Crippen LogP contribution is -2.35. The summed E-state index contributed by atoms with van der Waals surface area (Å²) in [5, 5.41) is 15.1. The molecule has 168 valence electrons. The minimum Gasteiger partial charge on any atom is -0.489 e. The van der Waals surface area contributed by atoms with Crippen molar-refractivity contribution in [2.45, 2.75) is 44.8 Å². The van der Waals surface area contributed by atoms with Crippen LogP contribution in [0.1, 0.15) is 53.5 Å². The predicted molar refractivity (Wildman–Crippen MR) is 128 cm³/mol. The summed E-state index contributed by atoms with van der Waals surface area (Å²) in [6, 6.07) is 22.5. The van der Waals surface area contributed by atoms with Gasteiger partial charge in [-0.05, 0) is 84.7 Å². The third-order valence-corrected chi connectivity index (χ3v) is 8.05. The molecule has 3 aromatic carbocycles. The predicted octanol–water partition coefficient (Wildman–Crippen LogP) is 6.78. The maximum atomic E-state index is 11.4. The van der Waals surface area contributed by atoms with Crippen LogP contribution in [-0.2, 0) is 6.61 Å². The fourth-order valence-corrected chi connectivity index (χ4v) is 6.54. The van der Waals surface area contributed by atoms with Gasteiger partial charge in [-0.1, -0.05) is 42.0 Å². The summed E-state index contributed by atoms with van der Waals surface area (Å²) in [6.45, 7) is 2.64. The van der Waals surface area contributed by atoms with Crippen molar-refractivity contribution in [1.29, 1.82) is 0 Å². The fourth-order valence-electron chi connectivity index (χ4n) is 6.54. The molecule has 1 aliphatic heterocycles. The molecule has 5 nitrogen and oxygen atoms in total. The van der Waals surface area contributed by atoms with Gasteiger partial charge in [0.1, 0.15) is 12.4 Å². The minimum absolute atomic E-state index is 0.200. The first kappa shape index (κ1) is 20.3. The number of nitro groups is 1. The molecule has 0 spiro atoms. The molecule has 0 radical (unpaired) electrons. The molecule has 2 fully saturated rings. The summed E-state index contributed by atoms with van der Waals surface area (Å²) in [5.41, 5.74) is 6.08. The SMILES string of the molecule is Cc1ccc(COc2ccc([C@@H]3Nc4ccc([N+](=O)[O-])cc4[C@H]4[C@H]5CC[C@@H](C5)[C@H]43)cc2)cc1. The molecule has 0 amide bonds. The molecule has 5 atom stereocenters. The third-order valence-electron chi connectivity index (χ3n) is 8.05. The molecule has 0 unspecified atom stereocenters. The van der Waals surface area contributed by atoms with Crippen molar-refractivity contribution < 1.29 is 9.66 Å². The highest BCUT2D eigenvalue weighted by Crippen LogP contribution is 2.63. The van der Waals surface area contributed by atoms with E-state index in [1.807, 2.05) is 12.1 Å². The quantitative estimate of drug-likeness (QED) is 0.351. The number of ether oxygens (including phenoxy) is 1. The standard InChI is InChI=1S/C28H28N2O3/c1-17-2-4-18(5-3-17)16-33-23-11-8-19(9-12-23)28-27-21-7-6-20(14-21)26(27)24-15-22(30(31)32)10-13-25(24)29-28/h2-5,8-13,15,20-21,26-29H,6-7,14,16H2,1H3/t20-,21-,26+,27+,28-/m0/s1. The van der Waals surface area contributed by atoms with Gasteiger partial charge in [0, 0.05) is 17.8 Å². The highest BCUT2D eigenvalue weighted by atomic mass is 16.6. The lowest BCUT2D eigenvalue weighted by molar-refractivity contribution is -0.384. The summed E-state index contributed by atoms with van der Waals surface area (Å²) in [5.74, 6) is 3.08. The Bertz CT molecular complexity index is 1190. The Morgan fingerprint density at radius 3 is 2.52 bits per heavy atom. The van der Waals surface area contributed by atoms with E-state index in [-0.39, 0.29) is 16.7 Å². The Hall–Kier alpha value is -3.34. The van der Waals surface area contributed by atoms with E-state index in [0.717, 1.165) is 22.6 Å². The molecule has 2 aliphatic carbocycles. The van der Waals surface area contributed by atoms with Crippen LogP contribution in [0.4, 0.5) is 11.4 Å². The van der Waals surface area contributed by atoms with Gasteiger partial charge in [-0.2, -0.15) is 0 Å². The van der Waals surface area contributed by atoms with E-state index < -0.39 is 0 Å². The van der Waals surface area contributed by atoms with Crippen LogP contribution in [0.25, 0.3) is 0 Å². The highest BCUT2D eigenvalue weighted by molar-refractivity contribution is 5.62. The summed E-state index contributed by atoms with van der Waals surface area (Å²) in [4.78, 5) is 11.1. The van der Waals surface area contributed by atoms with Crippen LogP contribution >= 0.6 is 0 Å². The molecule has 6 rings (SSSR count). The van der Waals surface area contributed by atoms with E-state index >= 15 is 0 Å². The summed E-state index contributed by atoms with van der Waals surface area (Å²) >= 11 is 0. The summed E-state index contributed by atoms with van der Waals surface area (Å²) in [6.07, 6.45) is 3.76. The minimum atomic E-state index is -0.274. The number of nitrogens with one attached hydrogen (secondary N) is 1. The molecule has 0 aromatic heterocycles. The van der Waals surface area contributed by atoms with Gasteiger partial charge in [-0.3, -0.25) is 10.1 Å². The molecule has 0 saturated heterocycles. The first-order chi connectivity index (χ1) is 16.1. The van der Waals surface area contributed by atoms with E-state index in [1.54, 1.807) is 6.07 Å². The Balaban J connectivity index is 1.25. The molecule has 33 heavy (non-hydrogen) atoms. The van der Waals surface area contributed by atoms with Gasteiger partial charge in [0.25, 0.3) is 5.69 Å². The largest absolute Gasteiger partial charge is 0.489 e. The second kappa shape index (κ2) is 7.91. The van der Waals surface area contributed by atoms with Crippen LogP contribution in [0.3, 0.4) is 0 Å². The van der Waals surface area contributed by atoms with E-state index in [2.05, 4.69) is 60.8 Å². The van der Waals surface area contributed by atoms with Gasteiger partial charge in [-0.15, -0.1) is 0 Å². The number of benzene rings is 3. The van der Waals surface area contributed by atoms with Crippen LogP contribution in [0.2, 0.25) is 0 Å². The van der Waals surface area contributed by atoms with Gasteiger partial charge < -0.3 is 10.1 Å². The Morgan fingerprint density at radius 1 is 1.00 bits per heavy atom. The average Bonchev–Trinajstić information content (AvgIpc) is 3.46. The molecular formula is C28H28N2O3. The number of non-ortho nitro benzene ring substituents is 1. The van der Waals surface area contributed by atoms with Crippen LogP contribution in [0, 0.1) is 34.8 Å². The molecule has 1 heterocycles. The monoisotopic (exact) mass is 440 g/mol. The average molecular weight is 441 g/mol. The van der Waals surface area contributed by atoms with Crippen molar-refractivity contribution in [2.75, 3.05) is 5.32 Å². The van der Waals surface area contributed by atoms with E-state index in [4.69, 9.17) is 4.74 Å². The molecule has 2 bridgehead atoms. The van der Waals surface area contributed by atoms with E-state index in [1.165, 1.54) is 30.4 Å². The number of nitrogens with zero attached hydrogens (tertiary/aromatic N) is 1. The van der Waals surface area contributed by atoms with Gasteiger partial charge in [0.05, 0.1) is 11.0 Å². The van der Waals surface area contributed by atoms with Crippen molar-refractivity contribution in [3.63, 3.8) is 0 Å².